The third-order valence-electron chi connectivity index (χ3n) is 5.69. The van der Waals surface area contributed by atoms with Crippen LogP contribution in [0.15, 0.2) is 42.5 Å². The third kappa shape index (κ3) is 3.92. The maximum atomic E-state index is 12.7. The van der Waals surface area contributed by atoms with Crippen LogP contribution in [0, 0.1) is 0 Å². The van der Waals surface area contributed by atoms with Crippen molar-refractivity contribution in [1.82, 2.24) is 9.62 Å². The van der Waals surface area contributed by atoms with Gasteiger partial charge in [-0.2, -0.15) is 0 Å². The van der Waals surface area contributed by atoms with Crippen LogP contribution in [0.4, 0.5) is 0 Å². The van der Waals surface area contributed by atoms with Gasteiger partial charge in [0, 0.05) is 5.56 Å². The summed E-state index contributed by atoms with van der Waals surface area (Å²) in [5.41, 5.74) is 4.47. The molecule has 2 aliphatic rings. The first kappa shape index (κ1) is 19.6. The van der Waals surface area contributed by atoms with Gasteiger partial charge in [-0.05, 0) is 60.9 Å². The van der Waals surface area contributed by atoms with E-state index in [4.69, 9.17) is 0 Å². The second-order valence-electron chi connectivity index (χ2n) is 7.75. The van der Waals surface area contributed by atoms with Gasteiger partial charge in [0.1, 0.15) is 6.54 Å². The van der Waals surface area contributed by atoms with E-state index in [9.17, 15) is 18.0 Å². The Morgan fingerprint density at radius 1 is 1.07 bits per heavy atom. The van der Waals surface area contributed by atoms with E-state index in [0.717, 1.165) is 18.4 Å². The monoisotopic (exact) mass is 412 g/mol. The van der Waals surface area contributed by atoms with Crippen LogP contribution in [0.1, 0.15) is 58.4 Å². The van der Waals surface area contributed by atoms with Gasteiger partial charge in [0.25, 0.3) is 5.91 Å². The minimum atomic E-state index is -3.87. The molecular formula is C22H24N2O4S. The highest BCUT2D eigenvalue weighted by Crippen LogP contribution is 2.26. The lowest BCUT2D eigenvalue weighted by atomic mass is 9.89. The maximum Gasteiger partial charge on any atom is 0.268 e. The lowest BCUT2D eigenvalue weighted by Gasteiger charge is -2.28. The van der Waals surface area contributed by atoms with Crippen molar-refractivity contribution in [2.24, 2.45) is 0 Å². The summed E-state index contributed by atoms with van der Waals surface area (Å²) in [6.45, 7) is 1.36. The number of sulfonamides is 1. The van der Waals surface area contributed by atoms with Crippen LogP contribution in [0.2, 0.25) is 0 Å². The van der Waals surface area contributed by atoms with Crippen molar-refractivity contribution in [1.29, 1.82) is 0 Å². The number of fused-ring (bicyclic) bond motifs is 2. The largest absolute Gasteiger partial charge is 0.348 e. The standard InChI is InChI=1S/C22H24N2O4S/c1-15(17-11-10-16-6-2-3-7-18(16)12-17)23-21(25)13-24-22(26)20-9-5-4-8-19(20)14-29(24,27)28/h4-5,8-12,15H,2-3,6-7,13-14H2,1H3,(H,23,25). The van der Waals surface area contributed by atoms with E-state index in [0.29, 0.717) is 15.4 Å². The molecule has 152 valence electrons. The molecule has 0 spiro atoms. The predicted molar refractivity (Wildman–Crippen MR) is 110 cm³/mol. The van der Waals surface area contributed by atoms with Crippen LogP contribution in [0.5, 0.6) is 0 Å². The number of nitrogens with zero attached hydrogens (tertiary/aromatic N) is 1. The van der Waals surface area contributed by atoms with E-state index in [-0.39, 0.29) is 11.8 Å². The smallest absolute Gasteiger partial charge is 0.268 e. The van der Waals surface area contributed by atoms with Gasteiger partial charge in [-0.25, -0.2) is 12.7 Å². The molecule has 1 aliphatic heterocycles. The van der Waals surface area contributed by atoms with Gasteiger partial charge in [0.15, 0.2) is 0 Å². The zero-order valence-electron chi connectivity index (χ0n) is 16.3. The minimum absolute atomic E-state index is 0.274. The molecule has 29 heavy (non-hydrogen) atoms. The first-order valence-electron chi connectivity index (χ1n) is 9.89. The highest BCUT2D eigenvalue weighted by molar-refractivity contribution is 7.89. The number of benzene rings is 2. The summed E-state index contributed by atoms with van der Waals surface area (Å²) in [4.78, 5) is 25.2. The summed E-state index contributed by atoms with van der Waals surface area (Å²) in [6.07, 6.45) is 4.52. The third-order valence-corrected chi connectivity index (χ3v) is 7.33. The van der Waals surface area contributed by atoms with Crippen molar-refractivity contribution >= 4 is 21.8 Å². The molecule has 4 rings (SSSR count). The zero-order valence-corrected chi connectivity index (χ0v) is 17.2. The summed E-state index contributed by atoms with van der Waals surface area (Å²) in [5.74, 6) is -1.42. The fraction of sp³-hybridized carbons (Fsp3) is 0.364. The first-order chi connectivity index (χ1) is 13.8. The molecule has 0 saturated carbocycles. The Morgan fingerprint density at radius 3 is 2.59 bits per heavy atom. The molecule has 1 unspecified atom stereocenters. The van der Waals surface area contributed by atoms with Gasteiger partial charge < -0.3 is 5.32 Å². The summed E-state index contributed by atoms with van der Waals surface area (Å²) < 4.78 is 25.7. The molecular weight excluding hydrogens is 388 g/mol. The van der Waals surface area contributed by atoms with Gasteiger partial charge >= 0.3 is 0 Å². The molecule has 0 bridgehead atoms. The van der Waals surface area contributed by atoms with Crippen molar-refractivity contribution in [3.05, 3.63) is 70.3 Å². The Bertz CT molecular complexity index is 1080. The van der Waals surface area contributed by atoms with Crippen LogP contribution in [-0.2, 0) is 33.4 Å². The van der Waals surface area contributed by atoms with Gasteiger partial charge in [0.05, 0.1) is 11.8 Å². The van der Waals surface area contributed by atoms with Crippen LogP contribution >= 0.6 is 0 Å². The molecule has 1 atom stereocenters. The molecule has 1 heterocycles. The van der Waals surface area contributed by atoms with Crippen LogP contribution in [-0.4, -0.2) is 31.1 Å². The van der Waals surface area contributed by atoms with Crippen molar-refractivity contribution in [3.63, 3.8) is 0 Å². The Morgan fingerprint density at radius 2 is 1.79 bits per heavy atom. The molecule has 7 heteroatoms. The molecule has 0 fully saturated rings. The molecule has 2 aromatic rings. The maximum absolute atomic E-state index is 12.7. The van der Waals surface area contributed by atoms with E-state index in [1.165, 1.54) is 24.0 Å². The van der Waals surface area contributed by atoms with E-state index in [1.807, 2.05) is 13.0 Å². The quantitative estimate of drug-likeness (QED) is 0.837. The zero-order chi connectivity index (χ0) is 20.6. The van der Waals surface area contributed by atoms with E-state index < -0.39 is 28.4 Å². The number of amides is 2. The number of nitrogens with one attached hydrogen (secondary N) is 1. The van der Waals surface area contributed by atoms with Crippen molar-refractivity contribution < 1.29 is 18.0 Å². The van der Waals surface area contributed by atoms with Crippen molar-refractivity contribution in [2.45, 2.75) is 44.4 Å². The summed E-state index contributed by atoms with van der Waals surface area (Å²) in [7, 11) is -3.87. The van der Waals surface area contributed by atoms with Gasteiger partial charge in [-0.3, -0.25) is 9.59 Å². The Balaban J connectivity index is 1.47. The van der Waals surface area contributed by atoms with Gasteiger partial charge in [-0.1, -0.05) is 36.4 Å². The molecule has 2 amide bonds. The molecule has 6 nitrogen and oxygen atoms in total. The average molecular weight is 413 g/mol. The number of aryl methyl sites for hydroxylation is 2. The average Bonchev–Trinajstić information content (AvgIpc) is 2.70. The fourth-order valence-corrected chi connectivity index (χ4v) is 5.55. The van der Waals surface area contributed by atoms with E-state index in [2.05, 4.69) is 17.4 Å². The summed E-state index contributed by atoms with van der Waals surface area (Å²) in [5, 5.41) is 2.84. The topological polar surface area (TPSA) is 83.6 Å². The summed E-state index contributed by atoms with van der Waals surface area (Å²) >= 11 is 0. The normalized spacial score (nSPS) is 18.5. The van der Waals surface area contributed by atoms with Crippen molar-refractivity contribution in [3.8, 4) is 0 Å². The molecule has 1 aliphatic carbocycles. The van der Waals surface area contributed by atoms with E-state index in [1.54, 1.807) is 24.3 Å². The minimum Gasteiger partial charge on any atom is -0.348 e. The molecule has 2 aromatic carbocycles. The van der Waals surface area contributed by atoms with Crippen molar-refractivity contribution in [2.75, 3.05) is 6.54 Å². The van der Waals surface area contributed by atoms with Crippen LogP contribution in [0.25, 0.3) is 0 Å². The first-order valence-corrected chi connectivity index (χ1v) is 11.5. The number of carbonyl (C=O) groups excluding carboxylic acids is 2. The lowest BCUT2D eigenvalue weighted by molar-refractivity contribution is -0.121. The lowest BCUT2D eigenvalue weighted by Crippen LogP contribution is -2.47. The second-order valence-corrected chi connectivity index (χ2v) is 9.64. The Kier molecular flexibility index (Phi) is 5.17. The molecule has 1 N–H and O–H groups in total. The fourth-order valence-electron chi connectivity index (χ4n) is 4.08. The predicted octanol–water partition coefficient (Wildman–Crippen LogP) is 2.73. The van der Waals surface area contributed by atoms with E-state index >= 15 is 0 Å². The van der Waals surface area contributed by atoms with Gasteiger partial charge in [-0.15, -0.1) is 0 Å². The number of hydrogen-bond donors (Lipinski definition) is 1. The number of carbonyl (C=O) groups is 2. The van der Waals surface area contributed by atoms with Crippen LogP contribution < -0.4 is 5.32 Å². The molecule has 0 radical (unpaired) electrons. The second kappa shape index (κ2) is 7.63. The highest BCUT2D eigenvalue weighted by atomic mass is 32.2. The Labute approximate surface area is 171 Å². The summed E-state index contributed by atoms with van der Waals surface area (Å²) in [6, 6.07) is 12.6. The number of rotatable bonds is 4. The Hall–Kier alpha value is -2.67. The van der Waals surface area contributed by atoms with Crippen LogP contribution in [0.3, 0.4) is 0 Å². The van der Waals surface area contributed by atoms with Gasteiger partial charge in [0.2, 0.25) is 15.9 Å². The molecule has 0 aromatic heterocycles. The molecule has 0 saturated heterocycles. The number of hydrogen-bond acceptors (Lipinski definition) is 4. The highest BCUT2D eigenvalue weighted by Gasteiger charge is 2.37. The SMILES string of the molecule is CC(NC(=O)CN1C(=O)c2ccccc2CS1(=O)=O)c1ccc2c(c1)CCCC2.